The third-order valence-electron chi connectivity index (χ3n) is 1.52. The summed E-state index contributed by atoms with van der Waals surface area (Å²) in [6.07, 6.45) is -4.80. The van der Waals surface area contributed by atoms with E-state index in [0.29, 0.717) is 0 Å². The van der Waals surface area contributed by atoms with Crippen molar-refractivity contribution >= 4 is 24.0 Å². The maximum absolute atomic E-state index is 12.1. The molecule has 0 bridgehead atoms. The summed E-state index contributed by atoms with van der Waals surface area (Å²) in [6.45, 7) is -5.45. The third kappa shape index (κ3) is 4.19. The van der Waals surface area contributed by atoms with Gasteiger partial charge in [-0.05, 0) is 6.07 Å². The number of hydrogen-bond donors (Lipinski definition) is 0. The van der Waals surface area contributed by atoms with E-state index in [1.54, 1.807) is 0 Å². The van der Waals surface area contributed by atoms with E-state index in [0.717, 1.165) is 0 Å². The average Bonchev–Trinajstić information content (AvgIpc) is 1.99. The van der Waals surface area contributed by atoms with Crippen molar-refractivity contribution in [1.82, 2.24) is 4.98 Å². The van der Waals surface area contributed by atoms with Gasteiger partial charge in [0.25, 0.3) is 0 Å². The summed E-state index contributed by atoms with van der Waals surface area (Å²) in [6, 6.07) is 0.522. The Balaban J connectivity index is 0.00000225. The van der Waals surface area contributed by atoms with E-state index in [2.05, 4.69) is 4.98 Å². The van der Waals surface area contributed by atoms with E-state index in [9.17, 15) is 26.1 Å². The maximum atomic E-state index is 12.1. The van der Waals surface area contributed by atoms with Crippen molar-refractivity contribution in [2.24, 2.45) is 0 Å². The molecule has 0 saturated heterocycles. The smallest absolute Gasteiger partial charge is 0.445 e. The van der Waals surface area contributed by atoms with E-state index in [1.165, 1.54) is 0 Å². The van der Waals surface area contributed by atoms with Crippen molar-refractivity contribution in [3.05, 3.63) is 23.0 Å². The maximum Gasteiger partial charge on any atom is 1.00 e. The van der Waals surface area contributed by atoms with Gasteiger partial charge in [-0.3, -0.25) is 0 Å². The summed E-state index contributed by atoms with van der Waals surface area (Å²) in [7, 11) is 0. The third-order valence-corrected chi connectivity index (χ3v) is 1.82. The van der Waals surface area contributed by atoms with Gasteiger partial charge in [-0.2, -0.15) is 13.2 Å². The monoisotopic (exact) mass is 287 g/mol. The molecule has 0 N–H and O–H groups in total. The number of hydrogen-bond acceptors (Lipinski definition) is 1. The van der Waals surface area contributed by atoms with Crippen molar-refractivity contribution in [3.8, 4) is 0 Å². The van der Waals surface area contributed by atoms with Crippen LogP contribution < -0.4 is 56.8 Å². The van der Waals surface area contributed by atoms with Gasteiger partial charge < -0.3 is 12.9 Å². The predicted octanol–water partition coefficient (Wildman–Crippen LogP) is -0.188. The van der Waals surface area contributed by atoms with Crippen molar-refractivity contribution < 1.29 is 77.5 Å². The van der Waals surface area contributed by atoms with Crippen LogP contribution in [0.15, 0.2) is 12.1 Å². The summed E-state index contributed by atoms with van der Waals surface area (Å²) in [4.78, 5) is 2.65. The van der Waals surface area contributed by atoms with Gasteiger partial charge in [0.05, 0.1) is 0 Å². The molecule has 16 heavy (non-hydrogen) atoms. The largest absolute Gasteiger partial charge is 1.00 e. The molecule has 0 aliphatic heterocycles. The number of alkyl halides is 3. The molecule has 0 radical (unpaired) electrons. The van der Waals surface area contributed by atoms with Gasteiger partial charge in [0.2, 0.25) is 0 Å². The molecule has 0 aliphatic carbocycles. The first-order chi connectivity index (χ1) is 6.62. The fraction of sp³-hybridized carbons (Fsp3) is 0.167. The second kappa shape index (κ2) is 5.57. The first-order valence-corrected chi connectivity index (χ1v) is 3.94. The minimum Gasteiger partial charge on any atom is -0.445 e. The molecule has 84 valence electrons. The number of aromatic nitrogens is 1. The first-order valence-electron chi connectivity index (χ1n) is 3.56. The molecule has 0 amide bonds. The fourth-order valence-corrected chi connectivity index (χ4v) is 1.12. The van der Waals surface area contributed by atoms with Crippen LogP contribution in [0.2, 0.25) is 5.15 Å². The summed E-state index contributed by atoms with van der Waals surface area (Å²) >= 11 is 5.00. The van der Waals surface area contributed by atoms with Gasteiger partial charge in [-0.25, -0.2) is 4.98 Å². The second-order valence-electron chi connectivity index (χ2n) is 2.65. The Kier molecular flexibility index (Phi) is 5.83. The van der Waals surface area contributed by atoms with Crippen molar-refractivity contribution in [1.29, 1.82) is 0 Å². The number of nitrogens with zero attached hydrogens (tertiary/aromatic N) is 1. The molecule has 10 heteroatoms. The van der Waals surface area contributed by atoms with Crippen LogP contribution in [0.4, 0.5) is 26.1 Å². The molecule has 0 fully saturated rings. The Morgan fingerprint density at radius 2 is 1.62 bits per heavy atom. The minimum absolute atomic E-state index is 0. The molecule has 0 aromatic carbocycles. The topological polar surface area (TPSA) is 12.9 Å². The predicted molar refractivity (Wildman–Crippen MR) is 43.0 cm³/mol. The molecule has 1 aromatic rings. The molecule has 1 heterocycles. The van der Waals surface area contributed by atoms with E-state index in [-0.39, 0.29) is 63.5 Å². The second-order valence-corrected chi connectivity index (χ2v) is 3.01. The summed E-state index contributed by atoms with van der Waals surface area (Å²) in [5.74, 6) is 0. The van der Waals surface area contributed by atoms with Gasteiger partial charge >= 0.3 is 64.5 Å². The molecule has 1 rings (SSSR count). The van der Waals surface area contributed by atoms with Crippen LogP contribution in [-0.4, -0.2) is 12.0 Å². The van der Waals surface area contributed by atoms with Gasteiger partial charge in [-0.15, -0.1) is 0 Å². The van der Waals surface area contributed by atoms with Gasteiger partial charge in [0, 0.05) is 0 Å². The molecule has 0 spiro atoms. The first kappa shape index (κ1) is 16.7. The quantitative estimate of drug-likeness (QED) is 0.396. The van der Waals surface area contributed by atoms with Crippen LogP contribution in [0.3, 0.4) is 0 Å². The van der Waals surface area contributed by atoms with Crippen LogP contribution in [0, 0.1) is 0 Å². The Morgan fingerprint density at radius 3 is 1.94 bits per heavy atom. The van der Waals surface area contributed by atoms with Crippen molar-refractivity contribution in [2.45, 2.75) is 6.18 Å². The van der Waals surface area contributed by atoms with Crippen molar-refractivity contribution in [2.75, 3.05) is 0 Å². The molecule has 1 nitrogen and oxygen atoms in total. The van der Waals surface area contributed by atoms with E-state index in [4.69, 9.17) is 11.6 Å². The Morgan fingerprint density at radius 1 is 1.12 bits per heavy atom. The Bertz CT molecular complexity index is 378. The van der Waals surface area contributed by atoms with Crippen LogP contribution in [0.1, 0.15) is 5.69 Å². The molecule has 0 unspecified atom stereocenters. The van der Waals surface area contributed by atoms with Crippen LogP contribution in [0.25, 0.3) is 0 Å². The van der Waals surface area contributed by atoms with Gasteiger partial charge in [-0.1, -0.05) is 23.1 Å². The average molecular weight is 287 g/mol. The Hall–Kier alpha value is 0.721. The molecule has 0 aliphatic rings. The number of rotatable bonds is 1. The zero-order valence-corrected chi connectivity index (χ0v) is 11.7. The summed E-state index contributed by atoms with van der Waals surface area (Å²) < 4.78 is 72.4. The van der Waals surface area contributed by atoms with Gasteiger partial charge in [0.15, 0.2) is 0 Å². The van der Waals surface area contributed by atoms with E-state index < -0.39 is 29.5 Å². The van der Waals surface area contributed by atoms with Crippen LogP contribution >= 0.6 is 11.6 Å². The van der Waals surface area contributed by atoms with Crippen molar-refractivity contribution in [3.63, 3.8) is 0 Å². The molecule has 1 aromatic heterocycles. The molecule has 0 saturated carbocycles. The Labute approximate surface area is 134 Å². The van der Waals surface area contributed by atoms with Gasteiger partial charge in [0.1, 0.15) is 10.8 Å². The summed E-state index contributed by atoms with van der Waals surface area (Å²) in [5, 5.41) is -1.18. The molecular formula is C6H2BClF6KN. The standard InChI is InChI=1S/C6H2BClF6N.K/c8-5-3(7(12,13)14)1-2-4(15-5)6(9,10)11;/h1-2H;/q-1;+1. The molecular weight excluding hydrogens is 285 g/mol. The zero-order chi connectivity index (χ0) is 11.9. The number of pyridine rings is 1. The minimum atomic E-state index is -5.45. The van der Waals surface area contributed by atoms with Crippen LogP contribution in [0.5, 0.6) is 0 Å². The number of halogens is 7. The molecule has 0 atom stereocenters. The fourth-order valence-electron chi connectivity index (χ4n) is 0.847. The normalized spacial score (nSPS) is 12.2. The van der Waals surface area contributed by atoms with E-state index in [1.807, 2.05) is 0 Å². The van der Waals surface area contributed by atoms with E-state index >= 15 is 0 Å². The SMILES string of the molecule is F[B-](F)(F)c1ccc(C(F)(F)F)nc1Cl.[K+]. The summed E-state index contributed by atoms with van der Waals surface area (Å²) in [5.41, 5.74) is -2.78. The zero-order valence-electron chi connectivity index (χ0n) is 7.83. The van der Waals surface area contributed by atoms with Crippen LogP contribution in [-0.2, 0) is 6.18 Å².